The van der Waals surface area contributed by atoms with E-state index in [0.717, 1.165) is 37.1 Å². The Morgan fingerprint density at radius 2 is 1.86 bits per heavy atom. The SMILES string of the molecule is Cc1cc(Nc2ncc(Cl)c(Nc3ccccc3S(=O)(=O)C(C)C)n2)c(O)c(S)c1C1CCNCC1. The number of thiol groups is 1. The fourth-order valence-electron chi connectivity index (χ4n) is 4.36. The van der Waals surface area contributed by atoms with Gasteiger partial charge >= 0.3 is 0 Å². The van der Waals surface area contributed by atoms with Gasteiger partial charge in [-0.1, -0.05) is 23.7 Å². The molecule has 1 saturated heterocycles. The number of nitrogens with one attached hydrogen (secondary N) is 3. The number of aromatic nitrogens is 2. The van der Waals surface area contributed by atoms with E-state index in [0.29, 0.717) is 22.2 Å². The highest BCUT2D eigenvalue weighted by Gasteiger charge is 2.24. The van der Waals surface area contributed by atoms with Crippen LogP contribution in [0.25, 0.3) is 0 Å². The highest BCUT2D eigenvalue weighted by molar-refractivity contribution is 7.92. The number of halogens is 1. The van der Waals surface area contributed by atoms with E-state index in [1.165, 1.54) is 6.20 Å². The van der Waals surface area contributed by atoms with Crippen molar-refractivity contribution in [3.8, 4) is 5.75 Å². The molecule has 3 aromatic rings. The second-order valence-corrected chi connectivity index (χ2v) is 12.4. The molecule has 2 aromatic carbocycles. The lowest BCUT2D eigenvalue weighted by Crippen LogP contribution is -2.27. The third kappa shape index (κ3) is 5.41. The van der Waals surface area contributed by atoms with Crippen molar-refractivity contribution in [2.24, 2.45) is 0 Å². The molecule has 0 saturated carbocycles. The first kappa shape index (κ1) is 26.5. The molecule has 2 heterocycles. The van der Waals surface area contributed by atoms with Gasteiger partial charge in [0.15, 0.2) is 21.4 Å². The number of rotatable bonds is 7. The lowest BCUT2D eigenvalue weighted by Gasteiger charge is -2.27. The first-order valence-electron chi connectivity index (χ1n) is 11.7. The molecule has 0 atom stereocenters. The topological polar surface area (TPSA) is 116 Å². The Hall–Kier alpha value is -2.53. The molecule has 0 amide bonds. The Morgan fingerprint density at radius 1 is 1.17 bits per heavy atom. The number of phenolic OH excluding ortho intramolecular Hbond substituents is 1. The number of para-hydroxylation sites is 1. The molecule has 4 N–H and O–H groups in total. The predicted molar refractivity (Wildman–Crippen MR) is 147 cm³/mol. The summed E-state index contributed by atoms with van der Waals surface area (Å²) in [6, 6.07) is 8.47. The van der Waals surface area contributed by atoms with Crippen LogP contribution < -0.4 is 16.0 Å². The first-order chi connectivity index (χ1) is 17.1. The van der Waals surface area contributed by atoms with Crippen molar-refractivity contribution in [3.05, 3.63) is 52.7 Å². The van der Waals surface area contributed by atoms with Crippen LogP contribution in [0.2, 0.25) is 5.02 Å². The monoisotopic (exact) mass is 547 g/mol. The summed E-state index contributed by atoms with van der Waals surface area (Å²) in [4.78, 5) is 9.37. The van der Waals surface area contributed by atoms with Gasteiger partial charge in [-0.25, -0.2) is 13.4 Å². The van der Waals surface area contributed by atoms with Crippen molar-refractivity contribution in [3.63, 3.8) is 0 Å². The molecule has 4 rings (SSSR count). The maximum atomic E-state index is 12.8. The second kappa shape index (κ2) is 10.8. The number of piperidine rings is 1. The summed E-state index contributed by atoms with van der Waals surface area (Å²) in [7, 11) is -3.54. The summed E-state index contributed by atoms with van der Waals surface area (Å²) < 4.78 is 25.6. The maximum Gasteiger partial charge on any atom is 0.229 e. The zero-order chi connectivity index (χ0) is 26.0. The Morgan fingerprint density at radius 3 is 2.56 bits per heavy atom. The van der Waals surface area contributed by atoms with E-state index in [-0.39, 0.29) is 27.4 Å². The van der Waals surface area contributed by atoms with E-state index in [1.807, 2.05) is 13.0 Å². The minimum Gasteiger partial charge on any atom is -0.505 e. The fourth-order valence-corrected chi connectivity index (χ4v) is 6.18. The third-order valence-electron chi connectivity index (χ3n) is 6.33. The first-order valence-corrected chi connectivity index (χ1v) is 14.1. The molecule has 0 bridgehead atoms. The van der Waals surface area contributed by atoms with Crippen LogP contribution >= 0.6 is 24.2 Å². The van der Waals surface area contributed by atoms with Gasteiger partial charge < -0.3 is 21.1 Å². The van der Waals surface area contributed by atoms with Crippen LogP contribution in [-0.4, -0.2) is 41.8 Å². The quantitative estimate of drug-likeness (QED) is 0.192. The molecular formula is C25H30ClN5O3S2. The highest BCUT2D eigenvalue weighted by Crippen LogP contribution is 2.42. The van der Waals surface area contributed by atoms with Crippen LogP contribution in [0.15, 0.2) is 46.3 Å². The minimum atomic E-state index is -3.54. The predicted octanol–water partition coefficient (Wildman–Crippen LogP) is 5.57. The normalized spacial score (nSPS) is 14.7. The van der Waals surface area contributed by atoms with Gasteiger partial charge in [0, 0.05) is 0 Å². The lowest BCUT2D eigenvalue weighted by molar-refractivity contribution is 0.438. The number of benzene rings is 2. The zero-order valence-corrected chi connectivity index (χ0v) is 22.8. The molecule has 1 fully saturated rings. The molecule has 0 aliphatic carbocycles. The maximum absolute atomic E-state index is 12.8. The van der Waals surface area contributed by atoms with Crippen molar-refractivity contribution in [2.45, 2.75) is 54.6 Å². The highest BCUT2D eigenvalue weighted by atomic mass is 35.5. The van der Waals surface area contributed by atoms with Crippen LogP contribution in [0.5, 0.6) is 5.75 Å². The number of phenols is 1. The van der Waals surface area contributed by atoms with Crippen molar-refractivity contribution in [2.75, 3.05) is 23.7 Å². The van der Waals surface area contributed by atoms with Crippen LogP contribution in [0.4, 0.5) is 23.1 Å². The van der Waals surface area contributed by atoms with E-state index < -0.39 is 15.1 Å². The van der Waals surface area contributed by atoms with E-state index in [9.17, 15) is 13.5 Å². The van der Waals surface area contributed by atoms with Gasteiger partial charge in [0.2, 0.25) is 5.95 Å². The number of aromatic hydroxyl groups is 1. The third-order valence-corrected chi connectivity index (χ3v) is 9.27. The van der Waals surface area contributed by atoms with E-state index >= 15 is 0 Å². The number of nitrogens with zero attached hydrogens (tertiary/aromatic N) is 2. The Kier molecular flexibility index (Phi) is 7.99. The standard InChI is InChI=1S/C25H30ClN5O3S2/c1-14(2)36(33,34)20-7-5-4-6-18(20)29-24-17(26)13-28-25(31-24)30-19-12-15(3)21(23(35)22(19)32)16-8-10-27-11-9-16/h4-7,12-14,16,27,32,35H,8-11H2,1-3H3,(H2,28,29,30,31). The zero-order valence-electron chi connectivity index (χ0n) is 20.3. The molecule has 1 aliphatic rings. The van der Waals surface area contributed by atoms with Crippen LogP contribution in [0.1, 0.15) is 43.7 Å². The molecular weight excluding hydrogens is 518 g/mol. The van der Waals surface area contributed by atoms with Crippen molar-refractivity contribution in [1.82, 2.24) is 15.3 Å². The fraction of sp³-hybridized carbons (Fsp3) is 0.360. The summed E-state index contributed by atoms with van der Waals surface area (Å²) in [6.45, 7) is 7.14. The van der Waals surface area contributed by atoms with Crippen molar-refractivity contribution >= 4 is 57.2 Å². The molecule has 1 aliphatic heterocycles. The van der Waals surface area contributed by atoms with Gasteiger partial charge in [0.05, 0.1) is 32.6 Å². The average Bonchev–Trinajstić information content (AvgIpc) is 2.85. The van der Waals surface area contributed by atoms with Crippen LogP contribution in [0, 0.1) is 6.92 Å². The van der Waals surface area contributed by atoms with Crippen LogP contribution in [0.3, 0.4) is 0 Å². The summed E-state index contributed by atoms with van der Waals surface area (Å²) in [5, 5.41) is 20.0. The van der Waals surface area contributed by atoms with E-state index in [1.54, 1.807) is 38.1 Å². The molecule has 1 aromatic heterocycles. The van der Waals surface area contributed by atoms with E-state index in [2.05, 4.69) is 38.5 Å². The van der Waals surface area contributed by atoms with Gasteiger partial charge in [-0.3, -0.25) is 0 Å². The van der Waals surface area contributed by atoms with E-state index in [4.69, 9.17) is 11.6 Å². The second-order valence-electron chi connectivity index (χ2n) is 9.11. The molecule has 0 radical (unpaired) electrons. The summed E-state index contributed by atoms with van der Waals surface area (Å²) >= 11 is 11.0. The minimum absolute atomic E-state index is 0.0268. The number of sulfone groups is 1. The number of hydrogen-bond donors (Lipinski definition) is 5. The Balaban J connectivity index is 1.64. The van der Waals surface area contributed by atoms with Gasteiger partial charge in [0.1, 0.15) is 5.02 Å². The average molecular weight is 548 g/mol. The largest absolute Gasteiger partial charge is 0.505 e. The number of hydrogen-bond acceptors (Lipinski definition) is 9. The molecule has 11 heteroatoms. The molecule has 8 nitrogen and oxygen atoms in total. The smallest absolute Gasteiger partial charge is 0.229 e. The summed E-state index contributed by atoms with van der Waals surface area (Å²) in [6.07, 6.45) is 3.39. The van der Waals surface area contributed by atoms with Crippen LogP contribution in [-0.2, 0) is 9.84 Å². The van der Waals surface area contributed by atoms with Gasteiger partial charge in [-0.05, 0) is 81.9 Å². The van der Waals surface area contributed by atoms with Gasteiger partial charge in [0.25, 0.3) is 0 Å². The molecule has 0 unspecified atom stereocenters. The van der Waals surface area contributed by atoms with Crippen molar-refractivity contribution in [1.29, 1.82) is 0 Å². The Labute approximate surface area is 222 Å². The van der Waals surface area contributed by atoms with Gasteiger partial charge in [-0.2, -0.15) is 4.98 Å². The number of anilines is 4. The Bertz CT molecular complexity index is 1380. The molecule has 192 valence electrons. The number of aryl methyl sites for hydroxylation is 1. The molecule has 0 spiro atoms. The van der Waals surface area contributed by atoms with Crippen molar-refractivity contribution < 1.29 is 13.5 Å². The lowest BCUT2D eigenvalue weighted by atomic mass is 9.87. The summed E-state index contributed by atoms with van der Waals surface area (Å²) in [5.41, 5.74) is 2.87. The summed E-state index contributed by atoms with van der Waals surface area (Å²) in [5.74, 6) is 0.778. The molecule has 36 heavy (non-hydrogen) atoms. The van der Waals surface area contributed by atoms with Gasteiger partial charge in [-0.15, -0.1) is 12.6 Å².